The Kier molecular flexibility index (Phi) is 6.88. The quantitative estimate of drug-likeness (QED) is 0.596. The van der Waals surface area contributed by atoms with Crippen molar-refractivity contribution in [3.8, 4) is 5.75 Å². The fraction of sp³-hybridized carbons (Fsp3) is 0.654. The average molecular weight is 470 g/mol. The van der Waals surface area contributed by atoms with Crippen molar-refractivity contribution in [3.63, 3.8) is 0 Å². The number of fused-ring (bicyclic) bond motifs is 1. The third-order valence-corrected chi connectivity index (χ3v) is 8.03. The Labute approximate surface area is 200 Å². The highest BCUT2D eigenvalue weighted by Crippen LogP contribution is 2.32. The molecule has 34 heavy (non-hydrogen) atoms. The highest BCUT2D eigenvalue weighted by atomic mass is 16.5. The Hall–Kier alpha value is -2.45. The molecule has 184 valence electrons. The largest absolute Gasteiger partial charge is 0.489 e. The van der Waals surface area contributed by atoms with Crippen LogP contribution in [0.4, 0.5) is 0 Å². The number of benzene rings is 1. The number of carbonyl (C=O) groups excluding carboxylic acids is 3. The van der Waals surface area contributed by atoms with Gasteiger partial charge in [-0.3, -0.25) is 19.7 Å². The fourth-order valence-electron chi connectivity index (χ4n) is 5.99. The Balaban J connectivity index is 1.17. The first-order chi connectivity index (χ1) is 16.5. The Morgan fingerprint density at radius 1 is 1.06 bits per heavy atom. The smallest absolute Gasteiger partial charge is 0.255 e. The lowest BCUT2D eigenvalue weighted by molar-refractivity contribution is -0.136. The molecule has 3 amide bonds. The molecule has 5 rings (SSSR count). The summed E-state index contributed by atoms with van der Waals surface area (Å²) in [7, 11) is 1.81. The summed E-state index contributed by atoms with van der Waals surface area (Å²) in [5.74, 6) is 0.667. The topological polar surface area (TPSA) is 97.0 Å². The number of amides is 3. The van der Waals surface area contributed by atoms with Crippen LogP contribution < -0.4 is 15.4 Å². The molecule has 2 aliphatic heterocycles. The molecule has 3 fully saturated rings. The predicted molar refractivity (Wildman–Crippen MR) is 125 cm³/mol. The number of nitrogens with one attached hydrogen (secondary N) is 2. The van der Waals surface area contributed by atoms with E-state index in [9.17, 15) is 14.4 Å². The van der Waals surface area contributed by atoms with E-state index in [1.165, 1.54) is 12.8 Å². The van der Waals surface area contributed by atoms with Crippen molar-refractivity contribution in [2.24, 2.45) is 5.92 Å². The number of nitrogens with zero attached hydrogens (tertiary/aromatic N) is 1. The molecule has 0 radical (unpaired) electrons. The van der Waals surface area contributed by atoms with Gasteiger partial charge in [-0.1, -0.05) is 0 Å². The lowest BCUT2D eigenvalue weighted by atomic mass is 9.87. The SMILES string of the molecule is CO[C@H]1CC[C@H](CN[C@H]2CCC[C@H]2Oc2ccc3c(c2)CN(C2CCC(=O)NC2=O)C3=O)CC1. The molecule has 1 aromatic rings. The van der Waals surface area contributed by atoms with Gasteiger partial charge in [-0.15, -0.1) is 0 Å². The summed E-state index contributed by atoms with van der Waals surface area (Å²) in [6.07, 6.45) is 9.19. The summed E-state index contributed by atoms with van der Waals surface area (Å²) in [4.78, 5) is 38.2. The number of hydrogen-bond acceptors (Lipinski definition) is 6. The maximum absolute atomic E-state index is 12.9. The molecule has 8 heteroatoms. The van der Waals surface area contributed by atoms with E-state index >= 15 is 0 Å². The number of hydrogen-bond donors (Lipinski definition) is 2. The molecule has 2 heterocycles. The lowest BCUT2D eigenvalue weighted by Gasteiger charge is -2.30. The molecule has 0 bridgehead atoms. The molecule has 8 nitrogen and oxygen atoms in total. The normalized spacial score (nSPS) is 31.5. The second kappa shape index (κ2) is 10.0. The average Bonchev–Trinajstić information content (AvgIpc) is 3.41. The number of ether oxygens (including phenoxy) is 2. The van der Waals surface area contributed by atoms with Crippen LogP contribution in [0.25, 0.3) is 0 Å². The van der Waals surface area contributed by atoms with Gasteiger partial charge < -0.3 is 19.7 Å². The van der Waals surface area contributed by atoms with Gasteiger partial charge in [0, 0.05) is 31.7 Å². The zero-order chi connectivity index (χ0) is 23.7. The van der Waals surface area contributed by atoms with Gasteiger partial charge in [-0.05, 0) is 87.6 Å². The van der Waals surface area contributed by atoms with Gasteiger partial charge in [-0.2, -0.15) is 0 Å². The molecule has 2 saturated carbocycles. The molecular weight excluding hydrogens is 434 g/mol. The maximum atomic E-state index is 12.9. The Morgan fingerprint density at radius 2 is 1.88 bits per heavy atom. The first-order valence-electron chi connectivity index (χ1n) is 12.7. The Bertz CT molecular complexity index is 942. The standard InChI is InChI=1S/C26H35N3O5/c1-33-18-7-5-16(6-8-18)14-27-21-3-2-4-23(21)34-19-9-10-20-17(13-19)15-29(26(20)32)22-11-12-24(30)28-25(22)31/h9-10,13,16,18,21-23,27H,2-8,11-12,14-15H2,1H3,(H,28,30,31)/t16-,18-,21-,22?,23+/m0/s1. The molecule has 3 atom stereocenters. The van der Waals surface area contributed by atoms with Gasteiger partial charge in [0.1, 0.15) is 17.9 Å². The summed E-state index contributed by atoms with van der Waals surface area (Å²) in [5.41, 5.74) is 1.49. The molecule has 4 aliphatic rings. The monoisotopic (exact) mass is 469 g/mol. The minimum Gasteiger partial charge on any atom is -0.489 e. The van der Waals surface area contributed by atoms with Crippen molar-refractivity contribution in [1.82, 2.24) is 15.5 Å². The molecule has 0 spiro atoms. The molecule has 0 aromatic heterocycles. The van der Waals surface area contributed by atoms with Gasteiger partial charge in [0.2, 0.25) is 11.8 Å². The molecule has 2 N–H and O–H groups in total. The summed E-state index contributed by atoms with van der Waals surface area (Å²) < 4.78 is 11.9. The van der Waals surface area contributed by atoms with Crippen LogP contribution in [0.1, 0.15) is 73.7 Å². The van der Waals surface area contributed by atoms with E-state index in [2.05, 4.69) is 10.6 Å². The summed E-state index contributed by atoms with van der Waals surface area (Å²) in [6, 6.07) is 5.37. The molecule has 1 aromatic carbocycles. The zero-order valence-electron chi connectivity index (χ0n) is 19.9. The van der Waals surface area contributed by atoms with E-state index in [4.69, 9.17) is 9.47 Å². The van der Waals surface area contributed by atoms with Crippen LogP contribution in [0.15, 0.2) is 18.2 Å². The highest BCUT2D eigenvalue weighted by molar-refractivity contribution is 6.05. The van der Waals surface area contributed by atoms with Crippen molar-refractivity contribution < 1.29 is 23.9 Å². The van der Waals surface area contributed by atoms with Crippen LogP contribution in [0, 0.1) is 5.92 Å². The van der Waals surface area contributed by atoms with Crippen molar-refractivity contribution in [2.75, 3.05) is 13.7 Å². The van der Waals surface area contributed by atoms with Gasteiger partial charge >= 0.3 is 0 Å². The minimum absolute atomic E-state index is 0.122. The number of piperidine rings is 1. The number of imide groups is 1. The summed E-state index contributed by atoms with van der Waals surface area (Å²) in [6.45, 7) is 1.40. The molecule has 2 aliphatic carbocycles. The highest BCUT2D eigenvalue weighted by Gasteiger charge is 2.39. The van der Waals surface area contributed by atoms with Crippen LogP contribution in [0.5, 0.6) is 5.75 Å². The van der Waals surface area contributed by atoms with Crippen LogP contribution in [-0.2, 0) is 20.9 Å². The van der Waals surface area contributed by atoms with Gasteiger partial charge in [-0.25, -0.2) is 0 Å². The van der Waals surface area contributed by atoms with Crippen molar-refractivity contribution in [3.05, 3.63) is 29.3 Å². The van der Waals surface area contributed by atoms with E-state index in [0.29, 0.717) is 36.6 Å². The van der Waals surface area contributed by atoms with E-state index in [1.54, 1.807) is 4.90 Å². The van der Waals surface area contributed by atoms with E-state index in [0.717, 1.165) is 50.0 Å². The number of methoxy groups -OCH3 is 1. The first kappa shape index (κ1) is 23.3. The third kappa shape index (κ3) is 4.84. The van der Waals surface area contributed by atoms with Crippen LogP contribution in [-0.4, -0.2) is 60.6 Å². The van der Waals surface area contributed by atoms with E-state index in [1.807, 2.05) is 25.3 Å². The van der Waals surface area contributed by atoms with Crippen molar-refractivity contribution in [2.45, 2.75) is 88.6 Å². The molecular formula is C26H35N3O5. The predicted octanol–water partition coefficient (Wildman–Crippen LogP) is 2.54. The summed E-state index contributed by atoms with van der Waals surface area (Å²) >= 11 is 0. The van der Waals surface area contributed by atoms with Gasteiger partial charge in [0.25, 0.3) is 5.91 Å². The number of rotatable bonds is 7. The Morgan fingerprint density at radius 3 is 2.65 bits per heavy atom. The zero-order valence-corrected chi connectivity index (χ0v) is 19.9. The second-order valence-corrected chi connectivity index (χ2v) is 10.2. The first-order valence-corrected chi connectivity index (χ1v) is 12.7. The van der Waals surface area contributed by atoms with Crippen LogP contribution >= 0.6 is 0 Å². The van der Waals surface area contributed by atoms with Crippen molar-refractivity contribution >= 4 is 17.7 Å². The van der Waals surface area contributed by atoms with Crippen molar-refractivity contribution in [1.29, 1.82) is 0 Å². The van der Waals surface area contributed by atoms with Crippen LogP contribution in [0.3, 0.4) is 0 Å². The van der Waals surface area contributed by atoms with Crippen LogP contribution in [0.2, 0.25) is 0 Å². The lowest BCUT2D eigenvalue weighted by Crippen LogP contribution is -2.52. The van der Waals surface area contributed by atoms with E-state index in [-0.39, 0.29) is 30.2 Å². The molecule has 1 unspecified atom stereocenters. The summed E-state index contributed by atoms with van der Waals surface area (Å²) in [5, 5.41) is 6.12. The van der Waals surface area contributed by atoms with E-state index < -0.39 is 6.04 Å². The number of carbonyl (C=O) groups is 3. The minimum atomic E-state index is -0.593. The second-order valence-electron chi connectivity index (χ2n) is 10.2. The van der Waals surface area contributed by atoms with Gasteiger partial charge in [0.05, 0.1) is 6.10 Å². The third-order valence-electron chi connectivity index (χ3n) is 8.03. The maximum Gasteiger partial charge on any atom is 0.255 e. The fourth-order valence-corrected chi connectivity index (χ4v) is 5.99. The molecule has 1 saturated heterocycles. The van der Waals surface area contributed by atoms with Gasteiger partial charge in [0.15, 0.2) is 0 Å².